The van der Waals surface area contributed by atoms with E-state index < -0.39 is 12.1 Å². The molecule has 0 bridgehead atoms. The van der Waals surface area contributed by atoms with Gasteiger partial charge in [-0.25, -0.2) is 0 Å². The van der Waals surface area contributed by atoms with Gasteiger partial charge in [0.1, 0.15) is 6.61 Å². The first-order valence-electron chi connectivity index (χ1n) is 8.97. The predicted molar refractivity (Wildman–Crippen MR) is 91.3 cm³/mol. The molecule has 130 valence electrons. The number of ether oxygens (including phenoxy) is 1. The summed E-state index contributed by atoms with van der Waals surface area (Å²) in [5.41, 5.74) is 0.887. The van der Waals surface area contributed by atoms with Crippen molar-refractivity contribution < 1.29 is 14.3 Å². The molecule has 5 nitrogen and oxygen atoms in total. The summed E-state index contributed by atoms with van der Waals surface area (Å²) in [7, 11) is 0. The summed E-state index contributed by atoms with van der Waals surface area (Å²) in [5.74, 6) is 0.408. The molecule has 1 aromatic rings. The Balaban J connectivity index is 1.56. The van der Waals surface area contributed by atoms with E-state index in [0.29, 0.717) is 6.54 Å². The fourth-order valence-electron chi connectivity index (χ4n) is 3.67. The van der Waals surface area contributed by atoms with Crippen molar-refractivity contribution in [2.75, 3.05) is 13.2 Å². The first-order valence-corrected chi connectivity index (χ1v) is 8.97. The molecule has 1 saturated heterocycles. The minimum absolute atomic E-state index is 0.0654. The van der Waals surface area contributed by atoms with Gasteiger partial charge in [0.2, 0.25) is 5.91 Å². The maximum absolute atomic E-state index is 12.5. The predicted octanol–water partition coefficient (Wildman–Crippen LogP) is 2.33. The van der Waals surface area contributed by atoms with E-state index in [-0.39, 0.29) is 18.4 Å². The second kappa shape index (κ2) is 8.29. The number of amides is 2. The van der Waals surface area contributed by atoms with Crippen molar-refractivity contribution in [3.8, 4) is 0 Å². The monoisotopic (exact) mass is 330 g/mol. The van der Waals surface area contributed by atoms with Crippen molar-refractivity contribution in [1.29, 1.82) is 0 Å². The number of benzene rings is 1. The lowest BCUT2D eigenvalue weighted by Crippen LogP contribution is -2.52. The Morgan fingerprint density at radius 3 is 2.67 bits per heavy atom. The Kier molecular flexibility index (Phi) is 5.86. The lowest BCUT2D eigenvalue weighted by atomic mass is 9.87. The van der Waals surface area contributed by atoms with Crippen LogP contribution in [-0.2, 0) is 14.3 Å². The lowest BCUT2D eigenvalue weighted by Gasteiger charge is -2.32. The highest BCUT2D eigenvalue weighted by atomic mass is 16.5. The van der Waals surface area contributed by atoms with Crippen molar-refractivity contribution >= 4 is 11.8 Å². The molecule has 0 spiro atoms. The van der Waals surface area contributed by atoms with Crippen molar-refractivity contribution in [2.24, 2.45) is 5.92 Å². The Morgan fingerprint density at radius 1 is 1.17 bits per heavy atom. The number of carbonyl (C=O) groups is 2. The normalized spacial score (nSPS) is 25.1. The zero-order chi connectivity index (χ0) is 16.8. The van der Waals surface area contributed by atoms with Crippen LogP contribution in [0.3, 0.4) is 0 Å². The molecule has 2 N–H and O–H groups in total. The molecule has 1 heterocycles. The molecule has 0 radical (unpaired) electrons. The van der Waals surface area contributed by atoms with Gasteiger partial charge in [0.05, 0.1) is 6.04 Å². The first-order chi connectivity index (χ1) is 11.7. The molecule has 0 aromatic heterocycles. The summed E-state index contributed by atoms with van der Waals surface area (Å²) in [6.07, 6.45) is 6.88. The van der Waals surface area contributed by atoms with Crippen LogP contribution < -0.4 is 10.6 Å². The smallest absolute Gasteiger partial charge is 0.251 e. The lowest BCUT2D eigenvalue weighted by molar-refractivity contribution is -0.148. The van der Waals surface area contributed by atoms with E-state index in [1.807, 2.05) is 30.3 Å². The van der Waals surface area contributed by atoms with E-state index in [4.69, 9.17) is 4.74 Å². The van der Waals surface area contributed by atoms with E-state index in [0.717, 1.165) is 17.9 Å². The van der Waals surface area contributed by atoms with Crippen molar-refractivity contribution in [2.45, 2.75) is 50.7 Å². The zero-order valence-electron chi connectivity index (χ0n) is 14.0. The molecule has 2 atom stereocenters. The molecule has 3 rings (SSSR count). The summed E-state index contributed by atoms with van der Waals surface area (Å²) in [5, 5.41) is 5.88. The third-order valence-corrected chi connectivity index (χ3v) is 5.01. The van der Waals surface area contributed by atoms with Crippen LogP contribution in [-0.4, -0.2) is 31.1 Å². The molecule has 1 aliphatic carbocycles. The third-order valence-electron chi connectivity index (χ3n) is 5.01. The average molecular weight is 330 g/mol. The molecule has 5 heteroatoms. The van der Waals surface area contributed by atoms with Gasteiger partial charge < -0.3 is 15.4 Å². The maximum atomic E-state index is 12.5. The largest absolute Gasteiger partial charge is 0.356 e. The Hall–Kier alpha value is -1.88. The minimum atomic E-state index is -0.670. The first kappa shape index (κ1) is 17.0. The SMILES string of the molecule is O=C1CO[C@H](C(=O)NCCC2CCCCC2)[C@@H](c2ccccc2)N1. The van der Waals surface area contributed by atoms with Gasteiger partial charge in [0.25, 0.3) is 5.91 Å². The molecular weight excluding hydrogens is 304 g/mol. The molecule has 2 fully saturated rings. The number of rotatable bonds is 5. The summed E-state index contributed by atoms with van der Waals surface area (Å²) >= 11 is 0. The fraction of sp³-hybridized carbons (Fsp3) is 0.579. The van der Waals surface area contributed by atoms with Crippen LogP contribution >= 0.6 is 0 Å². The number of hydrogen-bond donors (Lipinski definition) is 2. The maximum Gasteiger partial charge on any atom is 0.251 e. The second-order valence-electron chi connectivity index (χ2n) is 6.77. The van der Waals surface area contributed by atoms with Crippen LogP contribution in [0.4, 0.5) is 0 Å². The molecule has 1 aromatic carbocycles. The van der Waals surface area contributed by atoms with Gasteiger partial charge in [-0.05, 0) is 17.9 Å². The van der Waals surface area contributed by atoms with Crippen molar-refractivity contribution in [1.82, 2.24) is 10.6 Å². The number of morpholine rings is 1. The fourth-order valence-corrected chi connectivity index (χ4v) is 3.67. The quantitative estimate of drug-likeness (QED) is 0.871. The standard InChI is InChI=1S/C19H26N2O3/c22-16-13-24-18(17(21-16)15-9-5-2-6-10-15)19(23)20-12-11-14-7-3-1-4-8-14/h2,5-6,9-10,14,17-18H,1,3-4,7-8,11-13H2,(H,20,23)(H,21,22)/t17-,18+/m1/s1. The topological polar surface area (TPSA) is 67.4 Å². The van der Waals surface area contributed by atoms with E-state index >= 15 is 0 Å². The zero-order valence-corrected chi connectivity index (χ0v) is 14.0. The Morgan fingerprint density at radius 2 is 1.92 bits per heavy atom. The van der Waals surface area contributed by atoms with Crippen LogP contribution in [0.2, 0.25) is 0 Å². The van der Waals surface area contributed by atoms with Gasteiger partial charge in [0.15, 0.2) is 6.10 Å². The van der Waals surface area contributed by atoms with Gasteiger partial charge in [-0.2, -0.15) is 0 Å². The Labute approximate surface area is 143 Å². The molecule has 2 aliphatic rings. The highest BCUT2D eigenvalue weighted by Crippen LogP contribution is 2.26. The van der Waals surface area contributed by atoms with Gasteiger partial charge in [-0.15, -0.1) is 0 Å². The summed E-state index contributed by atoms with van der Waals surface area (Å²) in [6, 6.07) is 9.09. The number of hydrogen-bond acceptors (Lipinski definition) is 3. The van der Waals surface area contributed by atoms with Gasteiger partial charge in [0, 0.05) is 6.54 Å². The van der Waals surface area contributed by atoms with E-state index in [2.05, 4.69) is 10.6 Å². The number of carbonyl (C=O) groups excluding carboxylic acids is 2. The van der Waals surface area contributed by atoms with E-state index in [9.17, 15) is 9.59 Å². The molecule has 24 heavy (non-hydrogen) atoms. The third kappa shape index (κ3) is 4.35. The van der Waals surface area contributed by atoms with Gasteiger partial charge in [-0.3, -0.25) is 9.59 Å². The molecule has 2 amide bonds. The van der Waals surface area contributed by atoms with E-state index in [1.54, 1.807) is 0 Å². The van der Waals surface area contributed by atoms with Crippen LogP contribution in [0.1, 0.15) is 50.1 Å². The van der Waals surface area contributed by atoms with E-state index in [1.165, 1.54) is 32.1 Å². The second-order valence-corrected chi connectivity index (χ2v) is 6.77. The van der Waals surface area contributed by atoms with Crippen LogP contribution in [0.15, 0.2) is 30.3 Å². The van der Waals surface area contributed by atoms with Gasteiger partial charge >= 0.3 is 0 Å². The summed E-state index contributed by atoms with van der Waals surface area (Å²) in [6.45, 7) is 0.614. The minimum Gasteiger partial charge on any atom is -0.356 e. The summed E-state index contributed by atoms with van der Waals surface area (Å²) in [4.78, 5) is 24.2. The molecular formula is C19H26N2O3. The number of nitrogens with one attached hydrogen (secondary N) is 2. The highest BCUT2D eigenvalue weighted by molar-refractivity contribution is 5.86. The van der Waals surface area contributed by atoms with Gasteiger partial charge in [-0.1, -0.05) is 62.4 Å². The molecule has 1 aliphatic heterocycles. The van der Waals surface area contributed by atoms with Crippen LogP contribution in [0, 0.1) is 5.92 Å². The van der Waals surface area contributed by atoms with Crippen LogP contribution in [0.25, 0.3) is 0 Å². The van der Waals surface area contributed by atoms with Crippen molar-refractivity contribution in [3.63, 3.8) is 0 Å². The highest BCUT2D eigenvalue weighted by Gasteiger charge is 2.35. The molecule has 0 unspecified atom stereocenters. The van der Waals surface area contributed by atoms with Crippen LogP contribution in [0.5, 0.6) is 0 Å². The Bertz CT molecular complexity index is 555. The van der Waals surface area contributed by atoms with Crippen molar-refractivity contribution in [3.05, 3.63) is 35.9 Å². The average Bonchev–Trinajstić information content (AvgIpc) is 2.63. The summed E-state index contributed by atoms with van der Waals surface area (Å²) < 4.78 is 5.54. The molecule has 1 saturated carbocycles.